The van der Waals surface area contributed by atoms with E-state index in [0.29, 0.717) is 12.8 Å². The monoisotopic (exact) mass is 449 g/mol. The molecule has 0 radical (unpaired) electrons. The topological polar surface area (TPSA) is 149 Å². The normalized spacial score (nSPS) is 36.8. The van der Waals surface area contributed by atoms with Gasteiger partial charge >= 0.3 is 29.7 Å². The molecule has 11 heteroatoms. The summed E-state index contributed by atoms with van der Waals surface area (Å²) in [5.41, 5.74) is -2.33. The molecule has 3 fully saturated rings. The van der Waals surface area contributed by atoms with Crippen LogP contribution in [0.1, 0.15) is 29.6 Å². The molecule has 0 amide bonds. The van der Waals surface area contributed by atoms with Gasteiger partial charge in [-0.15, -0.1) is 0 Å². The number of ether oxygens (including phenoxy) is 4. The summed E-state index contributed by atoms with van der Waals surface area (Å²) in [6.45, 7) is 0. The molecule has 3 heterocycles. The molecule has 11 nitrogen and oxygen atoms in total. The summed E-state index contributed by atoms with van der Waals surface area (Å²) in [5, 5.41) is 20.1. The van der Waals surface area contributed by atoms with Gasteiger partial charge in [0.25, 0.3) is 5.60 Å². The Morgan fingerprint density at radius 2 is 1.69 bits per heavy atom. The van der Waals surface area contributed by atoms with Crippen LogP contribution in [0.25, 0.3) is 0 Å². The van der Waals surface area contributed by atoms with E-state index in [9.17, 15) is 29.4 Å². The molecule has 3 aliphatic rings. The maximum absolute atomic E-state index is 13.2. The Labute approximate surface area is 182 Å². The molecule has 0 aromatic heterocycles. The number of likely N-dealkylation sites (N-methyl/N-ethyl adjacent to an activating group) is 1. The molecule has 1 aromatic rings. The third-order valence-electron chi connectivity index (χ3n) is 6.45. The van der Waals surface area contributed by atoms with Crippen LogP contribution in [0.2, 0.25) is 0 Å². The fraction of sp³-hybridized carbons (Fsp3) is 0.524. The molecule has 2 N–H and O–H groups in total. The van der Waals surface area contributed by atoms with Crippen molar-refractivity contribution in [1.82, 2.24) is 4.90 Å². The standard InChI is InChI=1S/C21H23NO10/c1-22-12-8-9-13(22)21(19(28)29-2)20(10-12,30-16(25)11-6-4-3-5-7-11)31-17(26)14(23)15(24)18(27)32-21/h3-7,12-15,23-24H,8-10H2,1-2H3/t12-,13+,14?,15?,20+,21+/m1/s1. The van der Waals surface area contributed by atoms with E-state index in [1.54, 1.807) is 30.1 Å². The van der Waals surface area contributed by atoms with Crippen LogP contribution in [-0.2, 0) is 33.3 Å². The maximum atomic E-state index is 13.2. The van der Waals surface area contributed by atoms with Gasteiger partial charge in [0.05, 0.1) is 18.7 Å². The number of methoxy groups -OCH3 is 1. The van der Waals surface area contributed by atoms with Crippen LogP contribution < -0.4 is 0 Å². The number of piperidine rings is 1. The van der Waals surface area contributed by atoms with Gasteiger partial charge in [0.1, 0.15) is 0 Å². The quantitative estimate of drug-likeness (QED) is 0.438. The first-order valence-corrected chi connectivity index (χ1v) is 10.1. The van der Waals surface area contributed by atoms with Crippen molar-refractivity contribution in [1.29, 1.82) is 0 Å². The third kappa shape index (κ3) is 3.07. The second-order valence-corrected chi connectivity index (χ2v) is 8.08. The zero-order chi connectivity index (χ0) is 23.3. The molecule has 6 atom stereocenters. The average molecular weight is 449 g/mol. The van der Waals surface area contributed by atoms with Gasteiger partial charge < -0.3 is 29.2 Å². The molecule has 172 valence electrons. The first-order valence-electron chi connectivity index (χ1n) is 10.1. The van der Waals surface area contributed by atoms with E-state index < -0.39 is 53.5 Å². The van der Waals surface area contributed by atoms with Crippen LogP contribution in [0.5, 0.6) is 0 Å². The zero-order valence-electron chi connectivity index (χ0n) is 17.4. The van der Waals surface area contributed by atoms with Crippen LogP contribution in [0.3, 0.4) is 0 Å². The molecule has 0 aliphatic carbocycles. The number of carbonyl (C=O) groups excluding carboxylic acids is 4. The van der Waals surface area contributed by atoms with E-state index in [-0.39, 0.29) is 18.0 Å². The van der Waals surface area contributed by atoms with Gasteiger partial charge in [-0.05, 0) is 32.0 Å². The van der Waals surface area contributed by atoms with E-state index in [1.807, 2.05) is 0 Å². The number of carbonyl (C=O) groups is 4. The lowest BCUT2D eigenvalue weighted by atomic mass is 9.78. The van der Waals surface area contributed by atoms with Gasteiger partial charge in [-0.1, -0.05) is 18.2 Å². The van der Waals surface area contributed by atoms with Gasteiger partial charge in [-0.25, -0.2) is 19.2 Å². The molecule has 3 aliphatic heterocycles. The Morgan fingerprint density at radius 3 is 2.31 bits per heavy atom. The van der Waals surface area contributed by atoms with Gasteiger partial charge in [-0.3, -0.25) is 4.90 Å². The summed E-state index contributed by atoms with van der Waals surface area (Å²) in [6.07, 6.45) is -4.00. The van der Waals surface area contributed by atoms with Crippen molar-refractivity contribution in [2.75, 3.05) is 14.2 Å². The number of hydrogen-bond donors (Lipinski definition) is 2. The Bertz CT molecular complexity index is 951. The van der Waals surface area contributed by atoms with Crippen molar-refractivity contribution in [3.05, 3.63) is 35.9 Å². The van der Waals surface area contributed by atoms with Crippen LogP contribution in [0.15, 0.2) is 30.3 Å². The number of hydrogen-bond acceptors (Lipinski definition) is 11. The zero-order valence-corrected chi connectivity index (χ0v) is 17.4. The van der Waals surface area contributed by atoms with Crippen molar-refractivity contribution < 1.29 is 48.3 Å². The minimum Gasteiger partial charge on any atom is -0.466 e. The number of fused-ring (bicyclic) bond motifs is 4. The highest BCUT2D eigenvalue weighted by atomic mass is 16.8. The van der Waals surface area contributed by atoms with Crippen molar-refractivity contribution in [3.63, 3.8) is 0 Å². The van der Waals surface area contributed by atoms with Crippen LogP contribution in [0.4, 0.5) is 0 Å². The predicted molar refractivity (Wildman–Crippen MR) is 103 cm³/mol. The summed E-state index contributed by atoms with van der Waals surface area (Å²) in [7, 11) is 2.73. The van der Waals surface area contributed by atoms with Gasteiger partial charge in [-0.2, -0.15) is 0 Å². The Morgan fingerprint density at radius 1 is 1.06 bits per heavy atom. The summed E-state index contributed by atoms with van der Waals surface area (Å²) >= 11 is 0. The minimum absolute atomic E-state index is 0.0944. The molecular weight excluding hydrogens is 426 g/mol. The van der Waals surface area contributed by atoms with Crippen LogP contribution in [0, 0.1) is 0 Å². The predicted octanol–water partition coefficient (Wildman–Crippen LogP) is -0.860. The van der Waals surface area contributed by atoms with E-state index >= 15 is 0 Å². The molecule has 2 bridgehead atoms. The molecule has 2 unspecified atom stereocenters. The highest BCUT2D eigenvalue weighted by molar-refractivity contribution is 5.94. The highest BCUT2D eigenvalue weighted by Gasteiger charge is 2.77. The van der Waals surface area contributed by atoms with Crippen molar-refractivity contribution in [3.8, 4) is 0 Å². The van der Waals surface area contributed by atoms with Crippen molar-refractivity contribution in [2.45, 2.75) is 54.9 Å². The number of esters is 4. The number of aliphatic hydroxyl groups is 2. The first-order chi connectivity index (χ1) is 15.2. The summed E-state index contributed by atoms with van der Waals surface area (Å²) in [6, 6.07) is 6.58. The smallest absolute Gasteiger partial charge is 0.360 e. The summed E-state index contributed by atoms with van der Waals surface area (Å²) in [5.74, 6) is -7.38. The number of aliphatic hydroxyl groups excluding tert-OH is 2. The fourth-order valence-corrected chi connectivity index (χ4v) is 4.83. The molecule has 0 saturated carbocycles. The number of rotatable bonds is 3. The average Bonchev–Trinajstić information content (AvgIpc) is 3.08. The van der Waals surface area contributed by atoms with E-state index in [4.69, 9.17) is 18.9 Å². The molecular formula is C21H23NO10. The van der Waals surface area contributed by atoms with Crippen LogP contribution in [-0.4, -0.2) is 88.8 Å². The Kier molecular flexibility index (Phi) is 5.43. The lowest BCUT2D eigenvalue weighted by Gasteiger charge is -2.54. The Balaban J connectivity index is 1.91. The lowest BCUT2D eigenvalue weighted by Crippen LogP contribution is -2.78. The van der Waals surface area contributed by atoms with Crippen LogP contribution >= 0.6 is 0 Å². The third-order valence-corrected chi connectivity index (χ3v) is 6.45. The number of benzene rings is 1. The molecule has 1 aromatic carbocycles. The van der Waals surface area contributed by atoms with E-state index in [2.05, 4.69) is 0 Å². The second kappa shape index (κ2) is 7.84. The molecule has 3 saturated heterocycles. The first kappa shape index (κ1) is 22.2. The lowest BCUT2D eigenvalue weighted by molar-refractivity contribution is -0.325. The van der Waals surface area contributed by atoms with Crippen molar-refractivity contribution >= 4 is 23.9 Å². The largest absolute Gasteiger partial charge is 0.466 e. The van der Waals surface area contributed by atoms with Gasteiger partial charge in [0.2, 0.25) is 0 Å². The van der Waals surface area contributed by atoms with Gasteiger partial charge in [0, 0.05) is 12.5 Å². The Hall–Kier alpha value is -3.02. The minimum atomic E-state index is -2.43. The van der Waals surface area contributed by atoms with E-state index in [1.165, 1.54) is 12.1 Å². The fourth-order valence-electron chi connectivity index (χ4n) is 4.83. The second-order valence-electron chi connectivity index (χ2n) is 8.08. The SMILES string of the molecule is COC(=O)[C@]12OC(=O)C(O)C(O)C(=O)O[C@@]1(OC(=O)c1ccccc1)C[C@H]1CC[C@@H]2N1C. The molecule has 0 spiro atoms. The van der Waals surface area contributed by atoms with Gasteiger partial charge in [0.15, 0.2) is 12.2 Å². The number of nitrogens with zero attached hydrogens (tertiary/aromatic N) is 1. The van der Waals surface area contributed by atoms with Crippen molar-refractivity contribution in [2.24, 2.45) is 0 Å². The van der Waals surface area contributed by atoms with E-state index in [0.717, 1.165) is 7.11 Å². The molecule has 4 rings (SSSR count). The highest BCUT2D eigenvalue weighted by Crippen LogP contribution is 2.52. The maximum Gasteiger partial charge on any atom is 0.360 e. The summed E-state index contributed by atoms with van der Waals surface area (Å²) < 4.78 is 21.6. The molecule has 32 heavy (non-hydrogen) atoms. The summed E-state index contributed by atoms with van der Waals surface area (Å²) in [4.78, 5) is 53.4.